The highest BCUT2D eigenvalue weighted by Crippen LogP contribution is 2.44. The molecule has 0 radical (unpaired) electrons. The van der Waals surface area contributed by atoms with Crippen molar-refractivity contribution in [3.05, 3.63) is 47.4 Å². The Morgan fingerprint density at radius 2 is 2.03 bits per heavy atom. The number of nitrogens with two attached hydrogens (primary N) is 1. The van der Waals surface area contributed by atoms with Gasteiger partial charge in [-0.1, -0.05) is 5.16 Å². The van der Waals surface area contributed by atoms with E-state index in [0.717, 1.165) is 26.7 Å². The Morgan fingerprint density at radius 3 is 2.67 bits per heavy atom. The number of nitrogens with zero attached hydrogens (tertiary/aromatic N) is 1. The second-order valence-electron chi connectivity index (χ2n) is 7.42. The molecular weight excluding hydrogens is 694 g/mol. The summed E-state index contributed by atoms with van der Waals surface area (Å²) in [6, 6.07) is 3.91. The number of aliphatic hydroxyl groups excluding tert-OH is 1. The molecule has 0 bridgehead atoms. The maximum atomic E-state index is 12.7. The minimum Gasteiger partial charge on any atom is -0.495 e. The van der Waals surface area contributed by atoms with E-state index < -0.39 is 11.7 Å². The maximum Gasteiger partial charge on any atom is 0.269 e. The number of carbonyl (C=O) groups excluding carboxylic acids is 1. The molecule has 0 aromatic heterocycles. The first kappa shape index (κ1) is 26.7. The first-order chi connectivity index (χ1) is 15.7. The molecule has 1 spiro atoms. The molecule has 0 unspecified atom stereocenters. The standard InChI is InChI=1S/C21H23Br4N3O5/c1-31-18-14(24)9-21(19(29)16(18)25)10-15(28-33-21)20(30)27-5-3-11-7-12(22)17(13(23)8-11)32-6-2-4-26/h7-9,19,29H,2-6,10,26H2,1H3,(H,27,30)/t19-,21+/m1/s1. The largest absolute Gasteiger partial charge is 0.495 e. The summed E-state index contributed by atoms with van der Waals surface area (Å²) < 4.78 is 13.7. The molecule has 0 saturated carbocycles. The number of nitrogens with one attached hydrogen (secondary N) is 1. The van der Waals surface area contributed by atoms with Crippen LogP contribution in [0.3, 0.4) is 0 Å². The average Bonchev–Trinajstić information content (AvgIpc) is 3.19. The minimum absolute atomic E-state index is 0.118. The number of methoxy groups -OCH3 is 1. The summed E-state index contributed by atoms with van der Waals surface area (Å²) in [5, 5.41) is 17.5. The van der Waals surface area contributed by atoms with Gasteiger partial charge in [-0.3, -0.25) is 4.79 Å². The lowest BCUT2D eigenvalue weighted by molar-refractivity contribution is -0.114. The number of halogens is 4. The van der Waals surface area contributed by atoms with Crippen molar-refractivity contribution in [2.24, 2.45) is 10.9 Å². The number of hydrogen-bond acceptors (Lipinski definition) is 7. The van der Waals surface area contributed by atoms with Crippen molar-refractivity contribution in [1.29, 1.82) is 0 Å². The van der Waals surface area contributed by atoms with Crippen LogP contribution in [0, 0.1) is 0 Å². The van der Waals surface area contributed by atoms with Crippen LogP contribution in [0.2, 0.25) is 0 Å². The Balaban J connectivity index is 1.56. The van der Waals surface area contributed by atoms with E-state index in [1.54, 1.807) is 6.08 Å². The van der Waals surface area contributed by atoms with Gasteiger partial charge in [0.1, 0.15) is 23.3 Å². The lowest BCUT2D eigenvalue weighted by atomic mass is 9.87. The van der Waals surface area contributed by atoms with Crippen LogP contribution in [-0.2, 0) is 20.8 Å². The van der Waals surface area contributed by atoms with E-state index in [0.29, 0.717) is 40.8 Å². The fourth-order valence-corrected chi connectivity index (χ4v) is 6.70. The van der Waals surface area contributed by atoms with Gasteiger partial charge in [-0.2, -0.15) is 0 Å². The Bertz CT molecular complexity index is 991. The molecule has 2 aliphatic rings. The van der Waals surface area contributed by atoms with Crippen LogP contribution in [0.4, 0.5) is 0 Å². The summed E-state index contributed by atoms with van der Waals surface area (Å²) in [7, 11) is 1.50. The fourth-order valence-electron chi connectivity index (χ4n) is 3.39. The zero-order chi connectivity index (χ0) is 24.2. The predicted molar refractivity (Wildman–Crippen MR) is 140 cm³/mol. The summed E-state index contributed by atoms with van der Waals surface area (Å²) in [6.07, 6.45) is 2.09. The minimum atomic E-state index is -1.18. The van der Waals surface area contributed by atoms with Crippen molar-refractivity contribution < 1.29 is 24.2 Å². The SMILES string of the molecule is COC1=C(Br)[C@@H](O)[C@]2(C=C1Br)CC(C(=O)NCCc1cc(Br)c(OCCCN)c(Br)c1)=NO2. The molecule has 4 N–H and O–H groups in total. The van der Waals surface area contributed by atoms with E-state index in [1.807, 2.05) is 12.1 Å². The topological polar surface area (TPSA) is 115 Å². The molecule has 1 aromatic carbocycles. The fraction of sp³-hybridized carbons (Fsp3) is 0.429. The number of aliphatic hydroxyl groups is 1. The molecule has 3 rings (SSSR count). The van der Waals surface area contributed by atoms with E-state index in [2.05, 4.69) is 74.2 Å². The normalized spacial score (nSPS) is 22.1. The Labute approximate surface area is 225 Å². The second-order valence-corrected chi connectivity index (χ2v) is 10.8. The van der Waals surface area contributed by atoms with E-state index >= 15 is 0 Å². The number of benzene rings is 1. The monoisotopic (exact) mass is 713 g/mol. The third-order valence-electron chi connectivity index (χ3n) is 5.10. The molecule has 1 aromatic rings. The number of ether oxygens (including phenoxy) is 2. The number of amides is 1. The van der Waals surface area contributed by atoms with Gasteiger partial charge in [-0.15, -0.1) is 0 Å². The van der Waals surface area contributed by atoms with Crippen LogP contribution in [0.25, 0.3) is 0 Å². The molecule has 1 aliphatic heterocycles. The number of rotatable bonds is 9. The summed E-state index contributed by atoms with van der Waals surface area (Å²) in [5.41, 5.74) is 5.55. The molecule has 1 aliphatic carbocycles. The summed E-state index contributed by atoms with van der Waals surface area (Å²) in [5.74, 6) is 0.838. The number of hydrogen-bond donors (Lipinski definition) is 3. The second kappa shape index (κ2) is 11.7. The van der Waals surface area contributed by atoms with E-state index in [1.165, 1.54) is 7.11 Å². The Hall–Kier alpha value is -0.920. The van der Waals surface area contributed by atoms with Crippen LogP contribution in [0.1, 0.15) is 18.4 Å². The highest BCUT2D eigenvalue weighted by molar-refractivity contribution is 9.12. The molecule has 12 heteroatoms. The Kier molecular flexibility index (Phi) is 9.44. The third kappa shape index (κ3) is 6.02. The zero-order valence-corrected chi connectivity index (χ0v) is 24.0. The smallest absolute Gasteiger partial charge is 0.269 e. The molecular formula is C21H23Br4N3O5. The Morgan fingerprint density at radius 1 is 1.33 bits per heavy atom. The molecule has 0 fully saturated rings. The van der Waals surface area contributed by atoms with Crippen molar-refractivity contribution in [2.45, 2.75) is 31.0 Å². The van der Waals surface area contributed by atoms with Crippen molar-refractivity contribution >= 4 is 75.3 Å². The molecule has 180 valence electrons. The molecule has 2 atom stereocenters. The van der Waals surface area contributed by atoms with Gasteiger partial charge in [-0.05, 0) is 107 Å². The van der Waals surface area contributed by atoms with Crippen LogP contribution < -0.4 is 15.8 Å². The first-order valence-corrected chi connectivity index (χ1v) is 13.2. The molecule has 8 nitrogen and oxygen atoms in total. The first-order valence-electron chi connectivity index (χ1n) is 10.1. The lowest BCUT2D eigenvalue weighted by Gasteiger charge is -2.33. The van der Waals surface area contributed by atoms with E-state index in [4.69, 9.17) is 20.0 Å². The molecule has 1 heterocycles. The maximum absolute atomic E-state index is 12.7. The van der Waals surface area contributed by atoms with E-state index in [-0.39, 0.29) is 18.0 Å². The predicted octanol–water partition coefficient (Wildman–Crippen LogP) is 4.02. The van der Waals surface area contributed by atoms with Gasteiger partial charge in [0.15, 0.2) is 5.60 Å². The molecule has 1 amide bonds. The van der Waals surface area contributed by atoms with Crippen molar-refractivity contribution in [2.75, 3.05) is 26.8 Å². The van der Waals surface area contributed by atoms with Crippen molar-refractivity contribution in [3.8, 4) is 5.75 Å². The van der Waals surface area contributed by atoms with Crippen LogP contribution in [-0.4, -0.2) is 55.2 Å². The highest BCUT2D eigenvalue weighted by Gasteiger charge is 2.50. The van der Waals surface area contributed by atoms with Crippen LogP contribution >= 0.6 is 63.7 Å². The van der Waals surface area contributed by atoms with Gasteiger partial charge in [0.25, 0.3) is 5.91 Å². The average molecular weight is 717 g/mol. The van der Waals surface area contributed by atoms with Crippen LogP contribution in [0.15, 0.2) is 47.0 Å². The van der Waals surface area contributed by atoms with Crippen LogP contribution in [0.5, 0.6) is 5.75 Å². The summed E-state index contributed by atoms with van der Waals surface area (Å²) >= 11 is 13.8. The van der Waals surface area contributed by atoms with Gasteiger partial charge < -0.3 is 30.5 Å². The zero-order valence-electron chi connectivity index (χ0n) is 17.7. The third-order valence-corrected chi connectivity index (χ3v) is 7.66. The van der Waals surface area contributed by atoms with Gasteiger partial charge in [0, 0.05) is 13.0 Å². The van der Waals surface area contributed by atoms with E-state index in [9.17, 15) is 9.90 Å². The lowest BCUT2D eigenvalue weighted by Crippen LogP contribution is -2.45. The number of allylic oxidation sites excluding steroid dienone is 1. The van der Waals surface area contributed by atoms with Gasteiger partial charge in [-0.25, -0.2) is 0 Å². The summed E-state index contributed by atoms with van der Waals surface area (Å²) in [4.78, 5) is 18.2. The molecule has 33 heavy (non-hydrogen) atoms. The quantitative estimate of drug-likeness (QED) is 0.333. The highest BCUT2D eigenvalue weighted by atomic mass is 79.9. The van der Waals surface area contributed by atoms with Crippen molar-refractivity contribution in [1.82, 2.24) is 5.32 Å². The molecule has 0 saturated heterocycles. The van der Waals surface area contributed by atoms with Gasteiger partial charge in [0.2, 0.25) is 0 Å². The van der Waals surface area contributed by atoms with Gasteiger partial charge >= 0.3 is 0 Å². The van der Waals surface area contributed by atoms with Crippen molar-refractivity contribution in [3.63, 3.8) is 0 Å². The summed E-state index contributed by atoms with van der Waals surface area (Å²) in [6.45, 7) is 1.50. The number of oxime groups is 1. The van der Waals surface area contributed by atoms with Gasteiger partial charge in [0.05, 0.1) is 31.6 Å². The number of carbonyl (C=O) groups is 1.